The Morgan fingerprint density at radius 3 is 2.73 bits per heavy atom. The number of nitrogens with zero attached hydrogens (tertiary/aromatic N) is 1. The van der Waals surface area contributed by atoms with Gasteiger partial charge in [-0.1, -0.05) is 44.0 Å². The van der Waals surface area contributed by atoms with Crippen molar-refractivity contribution in [2.24, 2.45) is 5.92 Å². The molecule has 3 N–H and O–H groups in total. The molecule has 3 amide bonds. The zero-order valence-corrected chi connectivity index (χ0v) is 17.2. The normalized spacial score (nSPS) is 25.8. The van der Waals surface area contributed by atoms with Gasteiger partial charge in [0.2, 0.25) is 0 Å². The van der Waals surface area contributed by atoms with E-state index in [9.17, 15) is 14.7 Å². The van der Waals surface area contributed by atoms with Gasteiger partial charge in [-0.15, -0.1) is 0 Å². The number of rotatable bonds is 4. The maximum Gasteiger partial charge on any atom is 0.329 e. The average Bonchev–Trinajstić information content (AvgIpc) is 2.75. The van der Waals surface area contributed by atoms with Crippen molar-refractivity contribution in [3.63, 3.8) is 0 Å². The number of para-hydroxylation sites is 1. The quantitative estimate of drug-likeness (QED) is 0.720. The molecule has 158 valence electrons. The topological polar surface area (TPSA) is 90.9 Å². The first-order chi connectivity index (χ1) is 14.4. The molecule has 0 saturated heterocycles. The lowest BCUT2D eigenvalue weighted by molar-refractivity contribution is -0.141. The Labute approximate surface area is 176 Å². The van der Waals surface area contributed by atoms with E-state index < -0.39 is 17.7 Å². The van der Waals surface area contributed by atoms with Crippen molar-refractivity contribution < 1.29 is 19.4 Å². The van der Waals surface area contributed by atoms with Gasteiger partial charge in [-0.05, 0) is 37.0 Å². The van der Waals surface area contributed by atoms with E-state index in [2.05, 4.69) is 17.6 Å². The number of hydrogen-bond acceptors (Lipinski definition) is 4. The second kappa shape index (κ2) is 7.99. The van der Waals surface area contributed by atoms with Crippen LogP contribution in [-0.2, 0) is 10.5 Å². The van der Waals surface area contributed by atoms with Crippen molar-refractivity contribution in [2.75, 3.05) is 17.3 Å². The van der Waals surface area contributed by atoms with Gasteiger partial charge in [0.15, 0.2) is 0 Å². The highest BCUT2D eigenvalue weighted by molar-refractivity contribution is 6.11. The van der Waals surface area contributed by atoms with E-state index in [1.54, 1.807) is 48.5 Å². The smallest absolute Gasteiger partial charge is 0.329 e. The van der Waals surface area contributed by atoms with Crippen molar-refractivity contribution in [2.45, 2.75) is 44.4 Å². The second-order valence-electron chi connectivity index (χ2n) is 8.03. The molecule has 3 atom stereocenters. The number of amides is 3. The number of carbonyl (C=O) groups is 2. The molecule has 0 spiro atoms. The number of nitrogens with one attached hydrogen (secondary N) is 2. The van der Waals surface area contributed by atoms with Gasteiger partial charge in [-0.2, -0.15) is 0 Å². The van der Waals surface area contributed by atoms with Crippen LogP contribution in [0.5, 0.6) is 5.75 Å². The molecule has 4 rings (SSSR count). The Hall–Kier alpha value is -3.06. The lowest BCUT2D eigenvalue weighted by Crippen LogP contribution is -2.64. The third kappa shape index (κ3) is 3.39. The Morgan fingerprint density at radius 2 is 1.97 bits per heavy atom. The molecule has 0 unspecified atom stereocenters. The van der Waals surface area contributed by atoms with Crippen LogP contribution in [0.2, 0.25) is 0 Å². The fourth-order valence-electron chi connectivity index (χ4n) is 4.41. The van der Waals surface area contributed by atoms with Gasteiger partial charge < -0.3 is 20.5 Å². The molecule has 2 aromatic rings. The molecule has 7 nitrogen and oxygen atoms in total. The summed E-state index contributed by atoms with van der Waals surface area (Å²) in [6.07, 6.45) is 4.05. The summed E-state index contributed by atoms with van der Waals surface area (Å²) < 4.78 is 5.27. The van der Waals surface area contributed by atoms with Crippen LogP contribution in [0, 0.1) is 5.92 Å². The van der Waals surface area contributed by atoms with E-state index in [1.165, 1.54) is 7.11 Å². The predicted molar refractivity (Wildman–Crippen MR) is 114 cm³/mol. The second-order valence-corrected chi connectivity index (χ2v) is 8.03. The first-order valence-electron chi connectivity index (χ1n) is 10.3. The molecule has 2 aliphatic rings. The van der Waals surface area contributed by atoms with Gasteiger partial charge in [-0.25, -0.2) is 4.79 Å². The molecule has 7 heteroatoms. The molecule has 1 heterocycles. The van der Waals surface area contributed by atoms with Gasteiger partial charge in [0.25, 0.3) is 11.6 Å². The molecule has 30 heavy (non-hydrogen) atoms. The number of carbonyl (C=O) groups excluding carboxylic acids is 2. The number of anilines is 2. The summed E-state index contributed by atoms with van der Waals surface area (Å²) in [5, 5.41) is 17.7. The van der Waals surface area contributed by atoms with Gasteiger partial charge in [-0.3, -0.25) is 9.69 Å². The summed E-state index contributed by atoms with van der Waals surface area (Å²) in [7, 11) is 1.52. The standard InChI is InChI=1S/C23H27N3O4/c1-15-8-3-5-12-19(15)24-21(27)23(29)18-11-4-6-13-20(18)25-22(28)26(23)16-9-7-10-17(14-16)30-2/h4,6-7,9-11,13-15,19,29H,3,5,8,12H2,1-2H3,(H,24,27)(H,25,28)/t15-,19-,23+/m1/s1. The molecular formula is C23H27N3O4. The van der Waals surface area contributed by atoms with Gasteiger partial charge in [0.1, 0.15) is 5.75 Å². The summed E-state index contributed by atoms with van der Waals surface area (Å²) in [5.41, 5.74) is -1.09. The van der Waals surface area contributed by atoms with Gasteiger partial charge >= 0.3 is 6.03 Å². The van der Waals surface area contributed by atoms with Crippen molar-refractivity contribution in [1.82, 2.24) is 5.32 Å². The van der Waals surface area contributed by atoms with E-state index in [4.69, 9.17) is 4.74 Å². The van der Waals surface area contributed by atoms with Crippen LogP contribution in [0.1, 0.15) is 38.2 Å². The zero-order valence-electron chi connectivity index (χ0n) is 17.2. The highest BCUT2D eigenvalue weighted by Gasteiger charge is 2.52. The van der Waals surface area contributed by atoms with Crippen molar-refractivity contribution in [3.05, 3.63) is 54.1 Å². The predicted octanol–water partition coefficient (Wildman–Crippen LogP) is 3.59. The zero-order chi connectivity index (χ0) is 21.3. The minimum Gasteiger partial charge on any atom is -0.497 e. The third-order valence-electron chi connectivity index (χ3n) is 6.13. The number of ether oxygens (including phenoxy) is 1. The summed E-state index contributed by atoms with van der Waals surface area (Å²) in [6, 6.07) is 12.9. The molecule has 0 bridgehead atoms. The molecule has 0 radical (unpaired) electrons. The van der Waals surface area contributed by atoms with Crippen LogP contribution >= 0.6 is 0 Å². The van der Waals surface area contributed by atoms with Crippen LogP contribution in [0.3, 0.4) is 0 Å². The Kier molecular flexibility index (Phi) is 5.39. The van der Waals surface area contributed by atoms with Gasteiger partial charge in [0.05, 0.1) is 18.5 Å². The molecule has 1 fully saturated rings. The third-order valence-corrected chi connectivity index (χ3v) is 6.13. The van der Waals surface area contributed by atoms with E-state index in [1.807, 2.05) is 0 Å². The molecule has 1 aliphatic heterocycles. The monoisotopic (exact) mass is 409 g/mol. The molecule has 1 saturated carbocycles. The molecule has 1 aliphatic carbocycles. The van der Waals surface area contributed by atoms with Gasteiger partial charge in [0, 0.05) is 17.7 Å². The fourth-order valence-corrected chi connectivity index (χ4v) is 4.41. The maximum atomic E-state index is 13.6. The number of urea groups is 1. The van der Waals surface area contributed by atoms with E-state index in [0.717, 1.165) is 30.6 Å². The Balaban J connectivity index is 1.79. The number of methoxy groups -OCH3 is 1. The fraction of sp³-hybridized carbons (Fsp3) is 0.391. The van der Waals surface area contributed by atoms with Crippen molar-refractivity contribution >= 4 is 23.3 Å². The number of aliphatic hydroxyl groups is 1. The first-order valence-corrected chi connectivity index (χ1v) is 10.3. The maximum absolute atomic E-state index is 13.6. The molecule has 0 aromatic heterocycles. The summed E-state index contributed by atoms with van der Waals surface area (Å²) in [5.74, 6) is 0.221. The summed E-state index contributed by atoms with van der Waals surface area (Å²) >= 11 is 0. The van der Waals surface area contributed by atoms with Crippen LogP contribution in [0.15, 0.2) is 48.5 Å². The van der Waals surface area contributed by atoms with E-state index >= 15 is 0 Å². The first kappa shape index (κ1) is 20.2. The summed E-state index contributed by atoms with van der Waals surface area (Å²) in [6.45, 7) is 2.11. The van der Waals surface area contributed by atoms with E-state index in [0.29, 0.717) is 28.6 Å². The highest BCUT2D eigenvalue weighted by atomic mass is 16.5. The largest absolute Gasteiger partial charge is 0.497 e. The minimum absolute atomic E-state index is 0.0421. The molecule has 2 aromatic carbocycles. The van der Waals surface area contributed by atoms with Crippen LogP contribution in [0.4, 0.5) is 16.2 Å². The SMILES string of the molecule is COc1cccc(N2C(=O)Nc3ccccc3[C@]2(O)C(=O)N[C@@H]2CCCC[C@H]2C)c1. The average molecular weight is 409 g/mol. The number of benzene rings is 2. The number of fused-ring (bicyclic) bond motifs is 1. The van der Waals surface area contributed by atoms with Crippen LogP contribution in [0.25, 0.3) is 0 Å². The summed E-state index contributed by atoms with van der Waals surface area (Å²) in [4.78, 5) is 27.7. The molecular weight excluding hydrogens is 382 g/mol. The van der Waals surface area contributed by atoms with Crippen LogP contribution in [-0.4, -0.2) is 30.2 Å². The Bertz CT molecular complexity index is 963. The lowest BCUT2D eigenvalue weighted by Gasteiger charge is -2.44. The van der Waals surface area contributed by atoms with Crippen molar-refractivity contribution in [3.8, 4) is 5.75 Å². The lowest BCUT2D eigenvalue weighted by atomic mass is 9.85. The van der Waals surface area contributed by atoms with Crippen LogP contribution < -0.4 is 20.3 Å². The Morgan fingerprint density at radius 1 is 1.20 bits per heavy atom. The minimum atomic E-state index is -2.19. The highest BCUT2D eigenvalue weighted by Crippen LogP contribution is 2.41. The van der Waals surface area contributed by atoms with Crippen molar-refractivity contribution in [1.29, 1.82) is 0 Å². The van der Waals surface area contributed by atoms with E-state index in [-0.39, 0.29) is 6.04 Å². The number of hydrogen-bond donors (Lipinski definition) is 3.